The van der Waals surface area contributed by atoms with Crippen molar-refractivity contribution in [1.29, 1.82) is 0 Å². The van der Waals surface area contributed by atoms with E-state index in [0.29, 0.717) is 16.5 Å². The van der Waals surface area contributed by atoms with E-state index < -0.39 is 4.92 Å². The Labute approximate surface area is 187 Å². The molecule has 2 aromatic rings. The molecule has 31 heavy (non-hydrogen) atoms. The molecule has 1 aliphatic rings. The van der Waals surface area contributed by atoms with Crippen LogP contribution >= 0.6 is 11.6 Å². The molecule has 1 fully saturated rings. The fourth-order valence-corrected chi connectivity index (χ4v) is 4.47. The molecule has 0 saturated carbocycles. The van der Waals surface area contributed by atoms with Crippen LogP contribution in [0.25, 0.3) is 0 Å². The number of nitro groups is 1. The monoisotopic (exact) mass is 448 g/mol. The van der Waals surface area contributed by atoms with Crippen molar-refractivity contribution in [2.75, 3.05) is 24.8 Å². The second-order valence-corrected chi connectivity index (χ2v) is 9.50. The maximum absolute atomic E-state index is 11.6. The molecule has 10 heteroatoms. The van der Waals surface area contributed by atoms with Crippen LogP contribution in [-0.4, -0.2) is 51.1 Å². The second kappa shape index (κ2) is 8.47. The SMILES string of the molecule is COc1ccc(Nc2ncc([N+](=O)[O-])c(NC3CC(C)(C)N(C)C(C)(C)C3)n2)cc1Cl. The van der Waals surface area contributed by atoms with Crippen molar-refractivity contribution < 1.29 is 9.66 Å². The zero-order valence-corrected chi connectivity index (χ0v) is 19.4. The summed E-state index contributed by atoms with van der Waals surface area (Å²) in [5.41, 5.74) is 0.352. The van der Waals surface area contributed by atoms with E-state index in [4.69, 9.17) is 16.3 Å². The van der Waals surface area contributed by atoms with E-state index in [9.17, 15) is 10.1 Å². The molecule has 9 nitrogen and oxygen atoms in total. The summed E-state index contributed by atoms with van der Waals surface area (Å²) in [4.78, 5) is 22.0. The molecule has 1 aromatic carbocycles. The Balaban J connectivity index is 1.87. The lowest BCUT2D eigenvalue weighted by molar-refractivity contribution is -0.384. The molecule has 0 amide bonds. The van der Waals surface area contributed by atoms with Gasteiger partial charge in [0.15, 0.2) is 0 Å². The van der Waals surface area contributed by atoms with Gasteiger partial charge in [0.05, 0.1) is 17.1 Å². The Morgan fingerprint density at radius 1 is 1.26 bits per heavy atom. The van der Waals surface area contributed by atoms with Gasteiger partial charge in [0.1, 0.15) is 11.9 Å². The number of halogens is 1. The predicted octanol–water partition coefficient (Wildman–Crippen LogP) is 4.85. The minimum Gasteiger partial charge on any atom is -0.495 e. The van der Waals surface area contributed by atoms with Crippen LogP contribution < -0.4 is 15.4 Å². The molecule has 0 spiro atoms. The highest BCUT2D eigenvalue weighted by Crippen LogP contribution is 2.39. The van der Waals surface area contributed by atoms with Crippen molar-refractivity contribution in [2.24, 2.45) is 0 Å². The van der Waals surface area contributed by atoms with Crippen LogP contribution in [0, 0.1) is 10.1 Å². The number of benzene rings is 1. The predicted molar refractivity (Wildman–Crippen MR) is 123 cm³/mol. The van der Waals surface area contributed by atoms with E-state index in [-0.39, 0.29) is 34.6 Å². The highest BCUT2D eigenvalue weighted by Gasteiger charge is 2.43. The van der Waals surface area contributed by atoms with Crippen molar-refractivity contribution in [1.82, 2.24) is 14.9 Å². The lowest BCUT2D eigenvalue weighted by Gasteiger charge is -2.53. The van der Waals surface area contributed by atoms with E-state index in [2.05, 4.69) is 60.2 Å². The van der Waals surface area contributed by atoms with Gasteiger partial charge >= 0.3 is 5.69 Å². The van der Waals surface area contributed by atoms with E-state index in [1.165, 1.54) is 13.3 Å². The highest BCUT2D eigenvalue weighted by molar-refractivity contribution is 6.32. The number of methoxy groups -OCH3 is 1. The van der Waals surface area contributed by atoms with Gasteiger partial charge in [-0.1, -0.05) is 11.6 Å². The zero-order valence-electron chi connectivity index (χ0n) is 18.7. The number of ether oxygens (including phenoxy) is 1. The van der Waals surface area contributed by atoms with Crippen molar-refractivity contribution in [3.8, 4) is 5.75 Å². The van der Waals surface area contributed by atoms with Crippen molar-refractivity contribution in [3.05, 3.63) is 39.5 Å². The van der Waals surface area contributed by atoms with Crippen LogP contribution in [0.3, 0.4) is 0 Å². The van der Waals surface area contributed by atoms with Gasteiger partial charge in [0.25, 0.3) is 0 Å². The Morgan fingerprint density at radius 3 is 2.45 bits per heavy atom. The van der Waals surface area contributed by atoms with E-state index in [1.807, 2.05) is 0 Å². The molecule has 1 aliphatic heterocycles. The summed E-state index contributed by atoms with van der Waals surface area (Å²) in [7, 11) is 3.66. The van der Waals surface area contributed by atoms with Crippen molar-refractivity contribution in [3.63, 3.8) is 0 Å². The van der Waals surface area contributed by atoms with Gasteiger partial charge in [-0.15, -0.1) is 0 Å². The Bertz CT molecular complexity index is 964. The van der Waals surface area contributed by atoms with Crippen molar-refractivity contribution in [2.45, 2.75) is 57.7 Å². The first-order valence-electron chi connectivity index (χ1n) is 10.1. The van der Waals surface area contributed by atoms with Crippen LogP contribution in [0.15, 0.2) is 24.4 Å². The van der Waals surface area contributed by atoms with Gasteiger partial charge in [-0.3, -0.25) is 15.0 Å². The van der Waals surface area contributed by atoms with Gasteiger partial charge in [0.2, 0.25) is 11.8 Å². The van der Waals surface area contributed by atoms with E-state index in [0.717, 1.165) is 12.8 Å². The number of nitrogens with one attached hydrogen (secondary N) is 2. The molecule has 1 saturated heterocycles. The molecule has 0 atom stereocenters. The molecular weight excluding hydrogens is 420 g/mol. The fourth-order valence-electron chi connectivity index (χ4n) is 4.22. The number of hydrogen-bond acceptors (Lipinski definition) is 8. The molecule has 2 heterocycles. The second-order valence-electron chi connectivity index (χ2n) is 9.09. The third-order valence-electron chi connectivity index (χ3n) is 6.02. The van der Waals surface area contributed by atoms with Gasteiger partial charge in [-0.25, -0.2) is 4.98 Å². The first-order chi connectivity index (χ1) is 14.4. The van der Waals surface area contributed by atoms with Gasteiger partial charge in [-0.2, -0.15) is 4.98 Å². The van der Waals surface area contributed by atoms with Crippen LogP contribution in [0.5, 0.6) is 5.75 Å². The average molecular weight is 449 g/mol. The average Bonchev–Trinajstić information content (AvgIpc) is 2.66. The summed E-state index contributed by atoms with van der Waals surface area (Å²) in [5.74, 6) is 0.982. The molecule has 0 aliphatic carbocycles. The first-order valence-corrected chi connectivity index (χ1v) is 10.4. The molecule has 2 N–H and O–H groups in total. The number of hydrogen-bond donors (Lipinski definition) is 2. The zero-order chi connectivity index (χ0) is 23.0. The number of aromatic nitrogens is 2. The third kappa shape index (κ3) is 4.99. The summed E-state index contributed by atoms with van der Waals surface area (Å²) >= 11 is 6.18. The smallest absolute Gasteiger partial charge is 0.329 e. The molecule has 0 radical (unpaired) electrons. The summed E-state index contributed by atoms with van der Waals surface area (Å²) in [6, 6.07) is 5.20. The summed E-state index contributed by atoms with van der Waals surface area (Å²) in [6.07, 6.45) is 2.86. The molecule has 1 aromatic heterocycles. The van der Waals surface area contributed by atoms with Gasteiger partial charge < -0.3 is 15.4 Å². The van der Waals surface area contributed by atoms with Crippen LogP contribution in [0.2, 0.25) is 5.02 Å². The minimum atomic E-state index is -0.471. The maximum atomic E-state index is 11.6. The summed E-state index contributed by atoms with van der Waals surface area (Å²) in [6.45, 7) is 8.71. The number of rotatable bonds is 6. The van der Waals surface area contributed by atoms with Gasteiger partial charge in [0, 0.05) is 22.8 Å². The molecule has 168 valence electrons. The quantitative estimate of drug-likeness (QED) is 0.477. The molecule has 0 bridgehead atoms. The standard InChI is InChI=1S/C21H29ClN6O3/c1-20(2)10-14(11-21(3,4)27(20)5)24-18-16(28(29)30)12-23-19(26-18)25-13-7-8-17(31-6)15(22)9-13/h7-9,12,14H,10-11H2,1-6H3,(H2,23,24,25,26). The Morgan fingerprint density at radius 2 is 1.90 bits per heavy atom. The van der Waals surface area contributed by atoms with Crippen molar-refractivity contribution >= 4 is 34.7 Å². The molecular formula is C21H29ClN6O3. The largest absolute Gasteiger partial charge is 0.495 e. The number of nitrogens with zero attached hydrogens (tertiary/aromatic N) is 4. The highest BCUT2D eigenvalue weighted by atomic mass is 35.5. The van der Waals surface area contributed by atoms with Crippen LogP contribution in [-0.2, 0) is 0 Å². The summed E-state index contributed by atoms with van der Waals surface area (Å²) < 4.78 is 5.16. The van der Waals surface area contributed by atoms with E-state index >= 15 is 0 Å². The number of anilines is 3. The topological polar surface area (TPSA) is 105 Å². The first kappa shape index (κ1) is 23.0. The Hall–Kier alpha value is -2.65. The van der Waals surface area contributed by atoms with Gasteiger partial charge in [-0.05, 0) is 65.8 Å². The molecule has 3 rings (SSSR count). The lowest BCUT2D eigenvalue weighted by atomic mass is 9.77. The maximum Gasteiger partial charge on any atom is 0.329 e. The Kier molecular flexibility index (Phi) is 6.29. The normalized spacial score (nSPS) is 18.4. The fraction of sp³-hybridized carbons (Fsp3) is 0.524. The van der Waals surface area contributed by atoms with Crippen LogP contribution in [0.4, 0.5) is 23.1 Å². The minimum absolute atomic E-state index is 0.0260. The third-order valence-corrected chi connectivity index (χ3v) is 6.32. The lowest BCUT2D eigenvalue weighted by Crippen LogP contribution is -2.61. The molecule has 0 unspecified atom stereocenters. The van der Waals surface area contributed by atoms with Crippen LogP contribution in [0.1, 0.15) is 40.5 Å². The summed E-state index contributed by atoms with van der Waals surface area (Å²) in [5, 5.41) is 18.4. The van der Waals surface area contributed by atoms with E-state index in [1.54, 1.807) is 18.2 Å². The number of piperidine rings is 1. The number of likely N-dealkylation sites (tertiary alicyclic amines) is 1.